The van der Waals surface area contributed by atoms with Gasteiger partial charge in [-0.1, -0.05) is 17.3 Å². The van der Waals surface area contributed by atoms with Crippen molar-refractivity contribution in [2.45, 2.75) is 17.6 Å². The van der Waals surface area contributed by atoms with Crippen LogP contribution in [0.1, 0.15) is 11.3 Å². The first-order valence-corrected chi connectivity index (χ1v) is 11.0. The maximum atomic E-state index is 12.7. The highest BCUT2D eigenvalue weighted by molar-refractivity contribution is 7.89. The number of benzene rings is 2. The van der Waals surface area contributed by atoms with Crippen molar-refractivity contribution in [3.63, 3.8) is 0 Å². The van der Waals surface area contributed by atoms with E-state index in [2.05, 4.69) is 20.6 Å². The smallest absolute Gasteiger partial charge is 0.379 e. The first-order chi connectivity index (χ1) is 15.5. The lowest BCUT2D eigenvalue weighted by molar-refractivity contribution is -0.137. The molecule has 2 aromatic carbocycles. The summed E-state index contributed by atoms with van der Waals surface area (Å²) in [6, 6.07) is 10.5. The van der Waals surface area contributed by atoms with E-state index in [4.69, 9.17) is 9.66 Å². The molecule has 33 heavy (non-hydrogen) atoms. The fraction of sp³-hybridized carbons (Fsp3) is 0.150. The molecule has 13 heteroatoms. The van der Waals surface area contributed by atoms with E-state index in [1.165, 1.54) is 36.5 Å². The fourth-order valence-electron chi connectivity index (χ4n) is 3.08. The average molecular weight is 478 g/mol. The zero-order chi connectivity index (χ0) is 23.8. The Bertz CT molecular complexity index is 1400. The van der Waals surface area contributed by atoms with Gasteiger partial charge in [-0.2, -0.15) is 23.3 Å². The van der Waals surface area contributed by atoms with E-state index in [1.807, 2.05) is 0 Å². The van der Waals surface area contributed by atoms with Gasteiger partial charge >= 0.3 is 6.18 Å². The standard InChI is InChI=1S/C20H17F3N6O3S/c1-29-17(11-25-14-7-5-13(6-8-14)20(21,22)23)16(10-26-29)19-27-18(28-32-19)12-3-2-4-15(9-12)33(24,30)31/h2-10,25H,11H2,1H3,(H2,24,30,31). The number of anilines is 1. The number of nitrogens with zero attached hydrogens (tertiary/aromatic N) is 4. The SMILES string of the molecule is Cn1ncc(-c2nc(-c3cccc(S(N)(=O)=O)c3)no2)c1CNc1ccc(C(F)(F)F)cc1. The van der Waals surface area contributed by atoms with Crippen molar-refractivity contribution in [3.8, 4) is 22.8 Å². The van der Waals surface area contributed by atoms with Gasteiger partial charge in [-0.15, -0.1) is 0 Å². The minimum atomic E-state index is -4.41. The van der Waals surface area contributed by atoms with Gasteiger partial charge in [0.15, 0.2) is 0 Å². The Balaban J connectivity index is 1.56. The highest BCUT2D eigenvalue weighted by atomic mass is 32.2. The average Bonchev–Trinajstić information content (AvgIpc) is 3.38. The van der Waals surface area contributed by atoms with Crippen molar-refractivity contribution in [3.05, 3.63) is 66.0 Å². The monoisotopic (exact) mass is 478 g/mol. The van der Waals surface area contributed by atoms with Gasteiger partial charge in [0.1, 0.15) is 0 Å². The van der Waals surface area contributed by atoms with Gasteiger partial charge in [-0.05, 0) is 36.4 Å². The Labute approximate surface area is 186 Å². The Hall–Kier alpha value is -3.71. The number of aromatic nitrogens is 4. The van der Waals surface area contributed by atoms with Crippen LogP contribution < -0.4 is 10.5 Å². The van der Waals surface area contributed by atoms with Gasteiger partial charge in [0.2, 0.25) is 15.8 Å². The number of sulfonamides is 1. The lowest BCUT2D eigenvalue weighted by Crippen LogP contribution is -2.11. The molecule has 0 aliphatic rings. The molecule has 0 fully saturated rings. The minimum Gasteiger partial charge on any atom is -0.379 e. The molecule has 0 saturated carbocycles. The zero-order valence-corrected chi connectivity index (χ0v) is 17.9. The first-order valence-electron chi connectivity index (χ1n) is 9.42. The molecule has 0 spiro atoms. The Morgan fingerprint density at radius 1 is 1.15 bits per heavy atom. The van der Waals surface area contributed by atoms with Crippen molar-refractivity contribution >= 4 is 15.7 Å². The third kappa shape index (κ3) is 4.88. The number of hydrogen-bond acceptors (Lipinski definition) is 7. The number of hydrogen-bond donors (Lipinski definition) is 2. The number of alkyl halides is 3. The molecule has 0 aliphatic heterocycles. The van der Waals surface area contributed by atoms with Crippen LogP contribution in [0.4, 0.5) is 18.9 Å². The number of nitrogens with one attached hydrogen (secondary N) is 1. The van der Waals surface area contributed by atoms with Crippen LogP contribution in [-0.2, 0) is 29.8 Å². The maximum absolute atomic E-state index is 12.7. The predicted octanol–water partition coefficient (Wildman–Crippen LogP) is 3.42. The lowest BCUT2D eigenvalue weighted by Gasteiger charge is -2.10. The van der Waals surface area contributed by atoms with Crippen LogP contribution in [0.2, 0.25) is 0 Å². The van der Waals surface area contributed by atoms with Crippen LogP contribution >= 0.6 is 0 Å². The Kier molecular flexibility index (Phi) is 5.68. The van der Waals surface area contributed by atoms with Gasteiger partial charge in [-0.25, -0.2) is 13.6 Å². The van der Waals surface area contributed by atoms with E-state index in [9.17, 15) is 21.6 Å². The summed E-state index contributed by atoms with van der Waals surface area (Å²) in [6.45, 7) is 0.218. The minimum absolute atomic E-state index is 0.0887. The van der Waals surface area contributed by atoms with E-state index in [-0.39, 0.29) is 23.2 Å². The molecule has 9 nitrogen and oxygen atoms in total. The van der Waals surface area contributed by atoms with Crippen LogP contribution in [0.5, 0.6) is 0 Å². The van der Waals surface area contributed by atoms with Gasteiger partial charge in [0.05, 0.1) is 34.5 Å². The molecule has 0 atom stereocenters. The van der Waals surface area contributed by atoms with Gasteiger partial charge in [0, 0.05) is 18.3 Å². The lowest BCUT2D eigenvalue weighted by atomic mass is 10.2. The second kappa shape index (κ2) is 8.33. The normalized spacial score (nSPS) is 12.2. The highest BCUT2D eigenvalue weighted by Gasteiger charge is 2.30. The molecule has 0 amide bonds. The van der Waals surface area contributed by atoms with E-state index in [0.29, 0.717) is 22.5 Å². The molecule has 0 unspecified atom stereocenters. The molecular formula is C20H17F3N6O3S. The van der Waals surface area contributed by atoms with E-state index >= 15 is 0 Å². The number of halogens is 3. The second-order valence-corrected chi connectivity index (χ2v) is 8.61. The van der Waals surface area contributed by atoms with Crippen molar-refractivity contribution in [1.29, 1.82) is 0 Å². The fourth-order valence-corrected chi connectivity index (χ4v) is 3.64. The molecule has 0 aliphatic carbocycles. The zero-order valence-electron chi connectivity index (χ0n) is 17.0. The van der Waals surface area contributed by atoms with Crippen molar-refractivity contribution < 1.29 is 26.1 Å². The molecule has 0 saturated heterocycles. The quantitative estimate of drug-likeness (QED) is 0.434. The number of nitrogens with two attached hydrogens (primary N) is 1. The Morgan fingerprint density at radius 2 is 1.88 bits per heavy atom. The van der Waals surface area contributed by atoms with Crippen LogP contribution in [0.25, 0.3) is 22.8 Å². The highest BCUT2D eigenvalue weighted by Crippen LogP contribution is 2.30. The number of rotatable bonds is 6. The predicted molar refractivity (Wildman–Crippen MR) is 112 cm³/mol. The van der Waals surface area contributed by atoms with E-state index < -0.39 is 21.8 Å². The summed E-state index contributed by atoms with van der Waals surface area (Å²) < 4.78 is 68.3. The van der Waals surface area contributed by atoms with Crippen molar-refractivity contribution in [2.75, 3.05) is 5.32 Å². The van der Waals surface area contributed by atoms with Gasteiger partial charge in [0.25, 0.3) is 5.89 Å². The summed E-state index contributed by atoms with van der Waals surface area (Å²) in [7, 11) is -2.20. The first kappa shape index (κ1) is 22.5. The Morgan fingerprint density at radius 3 is 2.55 bits per heavy atom. The summed E-state index contributed by atoms with van der Waals surface area (Å²) >= 11 is 0. The summed E-state index contributed by atoms with van der Waals surface area (Å²) in [5.74, 6) is 0.296. The summed E-state index contributed by atoms with van der Waals surface area (Å²) in [6.07, 6.45) is -2.89. The molecule has 2 heterocycles. The summed E-state index contributed by atoms with van der Waals surface area (Å²) in [5, 5.41) is 16.3. The van der Waals surface area contributed by atoms with Gasteiger partial charge in [-0.3, -0.25) is 4.68 Å². The number of primary sulfonamides is 1. The molecule has 3 N–H and O–H groups in total. The molecule has 172 valence electrons. The maximum Gasteiger partial charge on any atom is 0.416 e. The van der Waals surface area contributed by atoms with Crippen LogP contribution in [0.15, 0.2) is 64.1 Å². The van der Waals surface area contributed by atoms with Crippen molar-refractivity contribution in [2.24, 2.45) is 12.2 Å². The number of aryl methyl sites for hydroxylation is 1. The third-order valence-electron chi connectivity index (χ3n) is 4.81. The van der Waals surface area contributed by atoms with E-state index in [1.54, 1.807) is 17.8 Å². The summed E-state index contributed by atoms with van der Waals surface area (Å²) in [4.78, 5) is 4.23. The van der Waals surface area contributed by atoms with Crippen LogP contribution in [0, 0.1) is 0 Å². The largest absolute Gasteiger partial charge is 0.416 e. The molecule has 4 aromatic rings. The van der Waals surface area contributed by atoms with E-state index in [0.717, 1.165) is 12.1 Å². The summed E-state index contributed by atoms with van der Waals surface area (Å²) in [5.41, 5.74) is 1.30. The molecular weight excluding hydrogens is 461 g/mol. The molecule has 2 aromatic heterocycles. The molecule has 0 bridgehead atoms. The van der Waals surface area contributed by atoms with Crippen molar-refractivity contribution in [1.82, 2.24) is 19.9 Å². The van der Waals surface area contributed by atoms with Crippen LogP contribution in [-0.4, -0.2) is 28.3 Å². The van der Waals surface area contributed by atoms with Crippen LogP contribution in [0.3, 0.4) is 0 Å². The molecule has 4 rings (SSSR count). The topological polar surface area (TPSA) is 129 Å². The van der Waals surface area contributed by atoms with Gasteiger partial charge < -0.3 is 9.84 Å². The second-order valence-electron chi connectivity index (χ2n) is 7.05. The molecule has 0 radical (unpaired) electrons. The third-order valence-corrected chi connectivity index (χ3v) is 5.72.